The van der Waals surface area contributed by atoms with Crippen LogP contribution in [0.1, 0.15) is 59.3 Å². The van der Waals surface area contributed by atoms with Crippen LogP contribution >= 0.6 is 23.5 Å². The van der Waals surface area contributed by atoms with Gasteiger partial charge in [-0.1, -0.05) is 13.8 Å². The maximum atomic E-state index is 12.9. The van der Waals surface area contributed by atoms with Crippen LogP contribution in [0.25, 0.3) is 0 Å². The Labute approximate surface area is 211 Å². The first kappa shape index (κ1) is 24.9. The number of carbonyl (C=O) groups is 1. The van der Waals surface area contributed by atoms with Gasteiger partial charge in [-0.3, -0.25) is 4.79 Å². The monoisotopic (exact) mass is 507 g/mol. The van der Waals surface area contributed by atoms with Gasteiger partial charge in [-0.15, -0.1) is 23.5 Å². The quantitative estimate of drug-likeness (QED) is 0.369. The molecule has 1 saturated carbocycles. The van der Waals surface area contributed by atoms with E-state index in [0.29, 0.717) is 30.6 Å². The predicted molar refractivity (Wildman–Crippen MR) is 135 cm³/mol. The molecule has 4 aliphatic heterocycles. The molecule has 1 amide bonds. The smallest absolute Gasteiger partial charge is 0.224 e. The van der Waals surface area contributed by atoms with Crippen LogP contribution in [0.3, 0.4) is 0 Å². The predicted octanol–water partition coefficient (Wildman–Crippen LogP) is 6.10. The Hall–Kier alpha value is -0.770. The number of ether oxygens (including phenoxy) is 2. The van der Waals surface area contributed by atoms with Crippen molar-refractivity contribution in [2.75, 3.05) is 17.8 Å². The Morgan fingerprint density at radius 1 is 1.06 bits per heavy atom. The van der Waals surface area contributed by atoms with E-state index in [1.54, 1.807) is 23.5 Å². The van der Waals surface area contributed by atoms with Crippen LogP contribution < -0.4 is 5.32 Å². The van der Waals surface area contributed by atoms with Gasteiger partial charge in [0.05, 0.1) is 6.10 Å². The molecule has 1 aromatic rings. The lowest BCUT2D eigenvalue weighted by atomic mass is 9.57. The first-order chi connectivity index (χ1) is 16.3. The lowest BCUT2D eigenvalue weighted by Crippen LogP contribution is -2.70. The topological polar surface area (TPSA) is 66.0 Å². The van der Waals surface area contributed by atoms with Crippen molar-refractivity contribution < 1.29 is 24.0 Å². The minimum Gasteiger partial charge on any atom is -0.346 e. The largest absolute Gasteiger partial charge is 0.346 e. The molecule has 4 saturated heterocycles. The Kier molecular flexibility index (Phi) is 7.03. The molecule has 6 nitrogen and oxygen atoms in total. The molecule has 34 heavy (non-hydrogen) atoms. The van der Waals surface area contributed by atoms with E-state index >= 15 is 0 Å². The first-order valence-electron chi connectivity index (χ1n) is 12.5. The van der Waals surface area contributed by atoms with Crippen LogP contribution in [0.2, 0.25) is 0 Å². The van der Waals surface area contributed by atoms with Crippen LogP contribution in [-0.4, -0.2) is 42.2 Å². The molecular weight excluding hydrogens is 470 g/mol. The van der Waals surface area contributed by atoms with Crippen molar-refractivity contribution in [2.45, 2.75) is 92.9 Å². The van der Waals surface area contributed by atoms with Crippen molar-refractivity contribution in [1.82, 2.24) is 0 Å². The van der Waals surface area contributed by atoms with Gasteiger partial charge in [0.1, 0.15) is 0 Å². The number of carbonyl (C=O) groups excluding carboxylic acids is 1. The highest BCUT2D eigenvalue weighted by molar-refractivity contribution is 7.99. The number of rotatable bonds is 6. The number of hydrogen-bond acceptors (Lipinski definition) is 7. The number of hydrogen-bond donors (Lipinski definition) is 1. The number of nitrogens with one attached hydrogen (secondary N) is 1. The molecule has 6 rings (SSSR count). The molecule has 5 aliphatic rings. The molecule has 1 aromatic carbocycles. The second-order valence-corrected chi connectivity index (χ2v) is 12.4. The molecule has 0 radical (unpaired) electrons. The molecule has 2 bridgehead atoms. The van der Waals surface area contributed by atoms with Crippen molar-refractivity contribution in [3.8, 4) is 0 Å². The van der Waals surface area contributed by atoms with Gasteiger partial charge in [0.15, 0.2) is 11.9 Å². The summed E-state index contributed by atoms with van der Waals surface area (Å²) in [5.74, 6) is 0.722. The third kappa shape index (κ3) is 4.33. The first-order valence-corrected chi connectivity index (χ1v) is 15.0. The van der Waals surface area contributed by atoms with E-state index in [9.17, 15) is 4.79 Å². The Morgan fingerprint density at radius 3 is 2.50 bits per heavy atom. The maximum absolute atomic E-state index is 12.9. The molecule has 8 heteroatoms. The highest BCUT2D eigenvalue weighted by atomic mass is 32.2. The number of thioether (sulfide) groups is 2. The van der Waals surface area contributed by atoms with Gasteiger partial charge in [0, 0.05) is 34.2 Å². The fourth-order valence-corrected chi connectivity index (χ4v) is 7.74. The highest BCUT2D eigenvalue weighted by Gasteiger charge is 2.69. The van der Waals surface area contributed by atoms with Gasteiger partial charge in [-0.05, 0) is 81.1 Å². The van der Waals surface area contributed by atoms with E-state index in [2.05, 4.69) is 25.2 Å². The van der Waals surface area contributed by atoms with Gasteiger partial charge < -0.3 is 14.8 Å². The van der Waals surface area contributed by atoms with E-state index in [1.807, 2.05) is 31.6 Å². The van der Waals surface area contributed by atoms with Crippen molar-refractivity contribution in [3.63, 3.8) is 0 Å². The van der Waals surface area contributed by atoms with E-state index < -0.39 is 17.7 Å². The molecule has 1 spiro atoms. The van der Waals surface area contributed by atoms with Crippen LogP contribution in [0.4, 0.5) is 5.69 Å². The standard InChI is InChI=1S/C26H37NO5S2/c1-15-6-7-21-16(2)22(29-24-26(21)20(15)10-11-25(3,30-24)31-32-26)8-9-23(28)27-17-12-18(33-4)14-19(13-17)34-5/h12-16,20-22,24H,6-11H2,1-5H3,(H,27,28)/t15-,16-,20+,21+,22-,24-,25-,26-/m1/s1. The second kappa shape index (κ2) is 9.60. The molecular formula is C26H37NO5S2. The molecule has 4 heterocycles. The normalized spacial score (nSPS) is 41.0. The summed E-state index contributed by atoms with van der Waals surface area (Å²) in [6.07, 6.45) is 8.77. The van der Waals surface area contributed by atoms with Gasteiger partial charge in [-0.2, -0.15) is 0 Å². The summed E-state index contributed by atoms with van der Waals surface area (Å²) < 4.78 is 13.1. The fourth-order valence-electron chi connectivity index (χ4n) is 6.69. The molecule has 188 valence electrons. The third-order valence-electron chi connectivity index (χ3n) is 8.59. The van der Waals surface area contributed by atoms with Crippen LogP contribution in [0.5, 0.6) is 0 Å². The van der Waals surface area contributed by atoms with Crippen LogP contribution in [0.15, 0.2) is 28.0 Å². The van der Waals surface area contributed by atoms with Crippen LogP contribution in [-0.2, 0) is 24.0 Å². The number of fused-ring (bicyclic) bond motifs is 2. The second-order valence-electron chi connectivity index (χ2n) is 10.6. The minimum absolute atomic E-state index is 0.0198. The van der Waals surface area contributed by atoms with Gasteiger partial charge >= 0.3 is 0 Å². The van der Waals surface area contributed by atoms with Crippen molar-refractivity contribution in [1.29, 1.82) is 0 Å². The Bertz CT molecular complexity index is 908. The molecule has 1 aliphatic carbocycles. The Morgan fingerprint density at radius 2 is 1.79 bits per heavy atom. The number of benzene rings is 1. The van der Waals surface area contributed by atoms with Crippen molar-refractivity contribution in [2.24, 2.45) is 23.7 Å². The summed E-state index contributed by atoms with van der Waals surface area (Å²) in [6, 6.07) is 6.20. The van der Waals surface area contributed by atoms with Crippen LogP contribution in [0, 0.1) is 23.7 Å². The summed E-state index contributed by atoms with van der Waals surface area (Å²) in [4.78, 5) is 27.3. The third-order valence-corrected chi connectivity index (χ3v) is 10.0. The van der Waals surface area contributed by atoms with Gasteiger partial charge in [0.2, 0.25) is 11.7 Å². The van der Waals surface area contributed by atoms with Gasteiger partial charge in [-0.25, -0.2) is 9.78 Å². The average Bonchev–Trinajstić information content (AvgIpc) is 3.06. The zero-order valence-electron chi connectivity index (χ0n) is 20.8. The van der Waals surface area contributed by atoms with Crippen molar-refractivity contribution in [3.05, 3.63) is 18.2 Å². The minimum atomic E-state index is -0.767. The molecule has 0 aromatic heterocycles. The zero-order valence-corrected chi connectivity index (χ0v) is 22.4. The van der Waals surface area contributed by atoms with Gasteiger partial charge in [0.25, 0.3) is 0 Å². The lowest BCUT2D eigenvalue weighted by Gasteiger charge is -2.60. The molecule has 1 N–H and O–H groups in total. The molecule has 0 unspecified atom stereocenters. The zero-order chi connectivity index (χ0) is 24.1. The molecule has 8 atom stereocenters. The number of anilines is 1. The molecule has 5 fully saturated rings. The Balaban J connectivity index is 1.29. The summed E-state index contributed by atoms with van der Waals surface area (Å²) in [5, 5.41) is 3.10. The SMILES string of the molecule is CSc1cc(NC(=O)CC[C@H]2O[C@@H]3O[C@@]4(C)CC[C@H]5[C@H](C)CC[C@@H]([C@H]2C)[C@@]35OO4)cc(SC)c1. The van der Waals surface area contributed by atoms with E-state index in [-0.39, 0.29) is 17.9 Å². The van der Waals surface area contributed by atoms with E-state index in [4.69, 9.17) is 19.2 Å². The van der Waals surface area contributed by atoms with E-state index in [1.165, 1.54) is 6.42 Å². The fraction of sp³-hybridized carbons (Fsp3) is 0.731. The summed E-state index contributed by atoms with van der Waals surface area (Å²) in [5.41, 5.74) is 0.308. The van der Waals surface area contributed by atoms with E-state index in [0.717, 1.165) is 34.7 Å². The lowest BCUT2D eigenvalue weighted by molar-refractivity contribution is -0.571. The average molecular weight is 508 g/mol. The van der Waals surface area contributed by atoms with Crippen molar-refractivity contribution >= 4 is 35.1 Å². The maximum Gasteiger partial charge on any atom is 0.224 e. The highest BCUT2D eigenvalue weighted by Crippen LogP contribution is 2.60. The summed E-state index contributed by atoms with van der Waals surface area (Å²) >= 11 is 3.36. The summed E-state index contributed by atoms with van der Waals surface area (Å²) in [6.45, 7) is 6.53. The summed E-state index contributed by atoms with van der Waals surface area (Å²) in [7, 11) is 0. The number of amides is 1.